The molecule has 3 rings (SSSR count). The lowest BCUT2D eigenvalue weighted by molar-refractivity contribution is 0.378. The van der Waals surface area contributed by atoms with Crippen LogP contribution in [0.3, 0.4) is 0 Å². The smallest absolute Gasteiger partial charge is 0.142 e. The van der Waals surface area contributed by atoms with E-state index in [0.29, 0.717) is 23.8 Å². The maximum atomic E-state index is 8.81. The molecule has 2 fully saturated rings. The maximum Gasteiger partial charge on any atom is 0.142 e. The van der Waals surface area contributed by atoms with Gasteiger partial charge in [-0.2, -0.15) is 5.26 Å². The Morgan fingerprint density at radius 1 is 1.35 bits per heavy atom. The van der Waals surface area contributed by atoms with E-state index in [2.05, 4.69) is 21.7 Å². The third-order valence-corrected chi connectivity index (χ3v) is 3.72. The van der Waals surface area contributed by atoms with Gasteiger partial charge in [-0.1, -0.05) is 0 Å². The summed E-state index contributed by atoms with van der Waals surface area (Å²) < 4.78 is 0. The first kappa shape index (κ1) is 10.5. The summed E-state index contributed by atoms with van der Waals surface area (Å²) >= 11 is 0. The maximum absolute atomic E-state index is 8.81. The lowest BCUT2D eigenvalue weighted by Crippen LogP contribution is -2.43. The van der Waals surface area contributed by atoms with E-state index in [0.717, 1.165) is 5.69 Å². The Bertz CT molecular complexity index is 439. The van der Waals surface area contributed by atoms with Gasteiger partial charge in [0.05, 0.1) is 0 Å². The molecule has 17 heavy (non-hydrogen) atoms. The molecule has 88 valence electrons. The molecule has 1 aromatic rings. The van der Waals surface area contributed by atoms with Crippen LogP contribution in [0.4, 0.5) is 5.69 Å². The summed E-state index contributed by atoms with van der Waals surface area (Å²) in [5.41, 5.74) is 1.50. The summed E-state index contributed by atoms with van der Waals surface area (Å²) in [6, 6.07) is 7.73. The second-order valence-corrected chi connectivity index (χ2v) is 4.99. The lowest BCUT2D eigenvalue weighted by atomic mass is 9.99. The van der Waals surface area contributed by atoms with E-state index in [-0.39, 0.29) is 0 Å². The van der Waals surface area contributed by atoms with Gasteiger partial charge in [-0.15, -0.1) is 0 Å². The molecule has 3 heterocycles. The highest BCUT2D eigenvalue weighted by atomic mass is 15.0. The van der Waals surface area contributed by atoms with E-state index in [1.165, 1.54) is 25.7 Å². The fourth-order valence-corrected chi connectivity index (χ4v) is 2.99. The van der Waals surface area contributed by atoms with Crippen LogP contribution in [-0.2, 0) is 0 Å². The minimum atomic E-state index is 0.479. The SMILES string of the molecule is N#Cc1cc(NC2CC3CCC(C2)N3)ccn1. The normalized spacial score (nSPS) is 30.9. The minimum absolute atomic E-state index is 0.479. The van der Waals surface area contributed by atoms with Crippen LogP contribution in [0.15, 0.2) is 18.3 Å². The topological polar surface area (TPSA) is 60.7 Å². The predicted octanol–water partition coefficient (Wildman–Crippen LogP) is 1.65. The highest BCUT2D eigenvalue weighted by molar-refractivity contribution is 5.46. The van der Waals surface area contributed by atoms with Crippen molar-refractivity contribution in [2.75, 3.05) is 5.32 Å². The highest BCUT2D eigenvalue weighted by Crippen LogP contribution is 2.28. The van der Waals surface area contributed by atoms with E-state index in [1.807, 2.05) is 12.1 Å². The second kappa shape index (κ2) is 4.34. The van der Waals surface area contributed by atoms with Gasteiger partial charge >= 0.3 is 0 Å². The summed E-state index contributed by atoms with van der Waals surface area (Å²) in [4.78, 5) is 3.98. The molecule has 2 N–H and O–H groups in total. The van der Waals surface area contributed by atoms with Crippen LogP contribution in [0.5, 0.6) is 0 Å². The first-order valence-corrected chi connectivity index (χ1v) is 6.22. The fourth-order valence-electron chi connectivity index (χ4n) is 2.99. The van der Waals surface area contributed by atoms with E-state index in [1.54, 1.807) is 6.20 Å². The van der Waals surface area contributed by atoms with Gasteiger partial charge in [0.25, 0.3) is 0 Å². The Hall–Kier alpha value is -1.60. The van der Waals surface area contributed by atoms with Crippen LogP contribution in [0.2, 0.25) is 0 Å². The van der Waals surface area contributed by atoms with Crippen LogP contribution in [-0.4, -0.2) is 23.1 Å². The molecule has 4 heteroatoms. The number of hydrogen-bond donors (Lipinski definition) is 2. The molecule has 0 radical (unpaired) electrons. The molecule has 0 spiro atoms. The van der Waals surface area contributed by atoms with Gasteiger partial charge in [-0.25, -0.2) is 4.98 Å². The average Bonchev–Trinajstić information content (AvgIpc) is 2.69. The quantitative estimate of drug-likeness (QED) is 0.808. The predicted molar refractivity (Wildman–Crippen MR) is 65.5 cm³/mol. The van der Waals surface area contributed by atoms with Crippen molar-refractivity contribution >= 4 is 5.69 Å². The zero-order chi connectivity index (χ0) is 11.7. The van der Waals surface area contributed by atoms with Gasteiger partial charge in [0.2, 0.25) is 0 Å². The molecule has 0 amide bonds. The summed E-state index contributed by atoms with van der Waals surface area (Å²) in [5, 5.41) is 16.0. The van der Waals surface area contributed by atoms with Crippen LogP contribution in [0, 0.1) is 11.3 Å². The Kier molecular flexibility index (Phi) is 2.69. The van der Waals surface area contributed by atoms with Crippen molar-refractivity contribution in [3.8, 4) is 6.07 Å². The number of pyridine rings is 1. The van der Waals surface area contributed by atoms with Gasteiger partial charge in [-0.05, 0) is 37.8 Å². The summed E-state index contributed by atoms with van der Waals surface area (Å²) in [6.45, 7) is 0. The van der Waals surface area contributed by atoms with Crippen LogP contribution >= 0.6 is 0 Å². The van der Waals surface area contributed by atoms with Gasteiger partial charge in [0.1, 0.15) is 11.8 Å². The highest BCUT2D eigenvalue weighted by Gasteiger charge is 2.33. The number of rotatable bonds is 2. The molecule has 2 saturated heterocycles. The van der Waals surface area contributed by atoms with Crippen molar-refractivity contribution in [1.82, 2.24) is 10.3 Å². The van der Waals surface area contributed by atoms with E-state index >= 15 is 0 Å². The van der Waals surface area contributed by atoms with Crippen molar-refractivity contribution in [1.29, 1.82) is 5.26 Å². The number of nitrogens with zero attached hydrogens (tertiary/aromatic N) is 2. The molecule has 0 aliphatic carbocycles. The van der Waals surface area contributed by atoms with Crippen molar-refractivity contribution < 1.29 is 0 Å². The fraction of sp³-hybridized carbons (Fsp3) is 0.538. The van der Waals surface area contributed by atoms with Crippen molar-refractivity contribution in [2.24, 2.45) is 0 Å². The van der Waals surface area contributed by atoms with Gasteiger partial charge < -0.3 is 10.6 Å². The number of anilines is 1. The number of nitriles is 1. The lowest BCUT2D eigenvalue weighted by Gasteiger charge is -2.30. The molecule has 0 saturated carbocycles. The zero-order valence-corrected chi connectivity index (χ0v) is 9.69. The first-order valence-electron chi connectivity index (χ1n) is 6.22. The molecular formula is C13H16N4. The number of nitrogens with one attached hydrogen (secondary N) is 2. The van der Waals surface area contributed by atoms with Gasteiger partial charge in [-0.3, -0.25) is 0 Å². The Balaban J connectivity index is 1.68. The monoisotopic (exact) mass is 228 g/mol. The standard InChI is InChI=1S/C13H16N4/c14-8-13-7-11(3-4-15-13)17-12-5-9-1-2-10(6-12)16-9/h3-4,7,9-10,12,16H,1-2,5-6H2,(H,15,17). The number of piperidine rings is 1. The number of fused-ring (bicyclic) bond motifs is 2. The van der Waals surface area contributed by atoms with Crippen molar-refractivity contribution in [2.45, 2.75) is 43.8 Å². The molecule has 0 aromatic carbocycles. The number of hydrogen-bond acceptors (Lipinski definition) is 4. The van der Waals surface area contributed by atoms with E-state index in [4.69, 9.17) is 5.26 Å². The molecule has 2 aliphatic heterocycles. The summed E-state index contributed by atoms with van der Waals surface area (Å²) in [6.07, 6.45) is 6.67. The average molecular weight is 228 g/mol. The zero-order valence-electron chi connectivity index (χ0n) is 9.69. The Morgan fingerprint density at radius 2 is 2.12 bits per heavy atom. The molecule has 2 bridgehead atoms. The summed E-state index contributed by atoms with van der Waals surface area (Å²) in [5.74, 6) is 0. The van der Waals surface area contributed by atoms with Crippen LogP contribution < -0.4 is 10.6 Å². The largest absolute Gasteiger partial charge is 0.382 e. The van der Waals surface area contributed by atoms with E-state index < -0.39 is 0 Å². The molecule has 2 unspecified atom stereocenters. The number of aromatic nitrogens is 1. The molecule has 4 nitrogen and oxygen atoms in total. The second-order valence-electron chi connectivity index (χ2n) is 4.99. The van der Waals surface area contributed by atoms with Gasteiger partial charge in [0, 0.05) is 30.0 Å². The molecule has 2 aliphatic rings. The van der Waals surface area contributed by atoms with Crippen LogP contribution in [0.1, 0.15) is 31.4 Å². The summed E-state index contributed by atoms with van der Waals surface area (Å²) in [7, 11) is 0. The minimum Gasteiger partial charge on any atom is -0.382 e. The third-order valence-electron chi connectivity index (χ3n) is 3.72. The van der Waals surface area contributed by atoms with Crippen molar-refractivity contribution in [3.63, 3.8) is 0 Å². The third kappa shape index (κ3) is 2.25. The van der Waals surface area contributed by atoms with Gasteiger partial charge in [0.15, 0.2) is 0 Å². The molecular weight excluding hydrogens is 212 g/mol. The van der Waals surface area contributed by atoms with Crippen molar-refractivity contribution in [3.05, 3.63) is 24.0 Å². The Morgan fingerprint density at radius 3 is 2.82 bits per heavy atom. The molecule has 2 atom stereocenters. The Labute approximate surface area is 101 Å². The van der Waals surface area contributed by atoms with Crippen LogP contribution in [0.25, 0.3) is 0 Å². The van der Waals surface area contributed by atoms with E-state index in [9.17, 15) is 0 Å². The molecule has 1 aromatic heterocycles. The first-order chi connectivity index (χ1) is 8.33.